The predicted molar refractivity (Wildman–Crippen MR) is 57.4 cm³/mol. The molecule has 0 saturated carbocycles. The molecule has 0 aromatic heterocycles. The molecule has 0 amide bonds. The molecule has 5 nitrogen and oxygen atoms in total. The van der Waals surface area contributed by atoms with Crippen molar-refractivity contribution in [3.8, 4) is 11.5 Å². The molecule has 0 heterocycles. The second-order valence-corrected chi connectivity index (χ2v) is 2.86. The van der Waals surface area contributed by atoms with Gasteiger partial charge < -0.3 is 10.2 Å². The molecule has 0 aliphatic heterocycles. The van der Waals surface area contributed by atoms with Gasteiger partial charge in [0.25, 0.3) is 0 Å². The molecule has 0 bridgehead atoms. The van der Waals surface area contributed by atoms with Gasteiger partial charge in [-0.05, 0) is 24.1 Å². The van der Waals surface area contributed by atoms with Crippen LogP contribution in [0.4, 0.5) is 0 Å². The fourth-order valence-corrected chi connectivity index (χ4v) is 1.09. The summed E-state index contributed by atoms with van der Waals surface area (Å²) >= 11 is 0. The molecule has 5 heteroatoms. The van der Waals surface area contributed by atoms with E-state index >= 15 is 0 Å². The number of phenolic OH excluding ortho intramolecular Hbond substituents is 2. The summed E-state index contributed by atoms with van der Waals surface area (Å²) in [4.78, 5) is 2.61. The third-order valence-electron chi connectivity index (χ3n) is 1.80. The lowest BCUT2D eigenvalue weighted by molar-refractivity contribution is 0.448. The zero-order chi connectivity index (χ0) is 11.1. The van der Waals surface area contributed by atoms with Crippen molar-refractivity contribution >= 4 is 6.08 Å². The highest BCUT2D eigenvalue weighted by molar-refractivity contribution is 5.63. The van der Waals surface area contributed by atoms with Gasteiger partial charge in [-0.15, -0.1) is 0 Å². The monoisotopic (exact) mass is 205 g/mol. The summed E-state index contributed by atoms with van der Waals surface area (Å²) in [7, 11) is 0. The first kappa shape index (κ1) is 10.9. The van der Waals surface area contributed by atoms with Gasteiger partial charge in [-0.3, -0.25) is 0 Å². The summed E-state index contributed by atoms with van der Waals surface area (Å²) in [6.07, 6.45) is 3.89. The number of rotatable bonds is 4. The molecule has 1 aromatic rings. The summed E-state index contributed by atoms with van der Waals surface area (Å²) in [5.74, 6) is 0.0464. The van der Waals surface area contributed by atoms with E-state index in [0.717, 1.165) is 0 Å². The maximum Gasteiger partial charge on any atom is 0.126 e. The van der Waals surface area contributed by atoms with Gasteiger partial charge in [0.2, 0.25) is 0 Å². The summed E-state index contributed by atoms with van der Waals surface area (Å²) < 4.78 is 0. The van der Waals surface area contributed by atoms with E-state index in [1.807, 2.05) is 0 Å². The van der Waals surface area contributed by atoms with Crippen molar-refractivity contribution in [3.05, 3.63) is 40.3 Å². The highest BCUT2D eigenvalue weighted by Crippen LogP contribution is 2.27. The number of aromatic hydroxyl groups is 2. The van der Waals surface area contributed by atoms with Gasteiger partial charge in [0.15, 0.2) is 0 Å². The highest BCUT2D eigenvalue weighted by atomic mass is 16.3. The zero-order valence-corrected chi connectivity index (χ0v) is 8.04. The van der Waals surface area contributed by atoms with E-state index < -0.39 is 0 Å². The normalized spacial score (nSPS) is 10.1. The maximum absolute atomic E-state index is 9.40. The van der Waals surface area contributed by atoms with Crippen LogP contribution in [0, 0.1) is 0 Å². The SMILES string of the molecule is [N-]=[N+]=NCCC=Cc1c(O)cccc1O. The Morgan fingerprint density at radius 3 is 2.60 bits per heavy atom. The largest absolute Gasteiger partial charge is 0.507 e. The standard InChI is InChI=1S/C10H11N3O2/c11-13-12-7-2-1-4-8-9(14)5-3-6-10(8)15/h1,3-6,14-15H,2,7H2. The molecule has 0 aliphatic rings. The van der Waals surface area contributed by atoms with Crippen LogP contribution in [0.25, 0.3) is 16.5 Å². The zero-order valence-electron chi connectivity index (χ0n) is 8.04. The number of hydrogen-bond donors (Lipinski definition) is 2. The summed E-state index contributed by atoms with van der Waals surface area (Å²) in [6.45, 7) is 0.362. The second-order valence-electron chi connectivity index (χ2n) is 2.86. The van der Waals surface area contributed by atoms with Gasteiger partial charge in [0, 0.05) is 11.5 Å². The Bertz CT molecular complexity index is 389. The van der Waals surface area contributed by atoms with Crippen molar-refractivity contribution in [2.45, 2.75) is 6.42 Å². The molecule has 78 valence electrons. The van der Waals surface area contributed by atoms with Gasteiger partial charge in [-0.2, -0.15) is 0 Å². The molecule has 0 aliphatic carbocycles. The molecule has 15 heavy (non-hydrogen) atoms. The van der Waals surface area contributed by atoms with Gasteiger partial charge in [-0.1, -0.05) is 23.3 Å². The number of phenols is 2. The predicted octanol–water partition coefficient (Wildman–Crippen LogP) is 2.81. The summed E-state index contributed by atoms with van der Waals surface area (Å²) in [6, 6.07) is 4.54. The number of nitrogens with zero attached hydrogens (tertiary/aromatic N) is 3. The van der Waals surface area contributed by atoms with Crippen LogP contribution >= 0.6 is 0 Å². The van der Waals surface area contributed by atoms with E-state index in [2.05, 4.69) is 10.0 Å². The lowest BCUT2D eigenvalue weighted by Gasteiger charge is -2.00. The fourth-order valence-electron chi connectivity index (χ4n) is 1.09. The Morgan fingerprint density at radius 1 is 1.33 bits per heavy atom. The van der Waals surface area contributed by atoms with Crippen LogP contribution in [0.15, 0.2) is 29.4 Å². The second kappa shape index (κ2) is 5.57. The lowest BCUT2D eigenvalue weighted by atomic mass is 10.1. The quantitative estimate of drug-likeness (QED) is 0.342. The molecular formula is C10H11N3O2. The Hall–Kier alpha value is -2.13. The van der Waals surface area contributed by atoms with Crippen molar-refractivity contribution < 1.29 is 10.2 Å². The smallest absolute Gasteiger partial charge is 0.126 e. The Labute approximate surface area is 86.9 Å². The molecule has 2 N–H and O–H groups in total. The van der Waals surface area contributed by atoms with Crippen molar-refractivity contribution in [1.29, 1.82) is 0 Å². The topological polar surface area (TPSA) is 89.2 Å². The molecule has 0 spiro atoms. The Morgan fingerprint density at radius 2 is 2.00 bits per heavy atom. The molecule has 1 aromatic carbocycles. The summed E-state index contributed by atoms with van der Waals surface area (Å²) in [5, 5.41) is 22.2. The number of azide groups is 1. The first-order chi connectivity index (χ1) is 7.25. The minimum absolute atomic E-state index is 0.0232. The van der Waals surface area contributed by atoms with Gasteiger partial charge in [0.1, 0.15) is 11.5 Å². The van der Waals surface area contributed by atoms with Crippen LogP contribution in [0.5, 0.6) is 11.5 Å². The molecule has 0 saturated heterocycles. The first-order valence-corrected chi connectivity index (χ1v) is 4.44. The molecule has 0 radical (unpaired) electrons. The first-order valence-electron chi connectivity index (χ1n) is 4.44. The van der Waals surface area contributed by atoms with Crippen LogP contribution < -0.4 is 0 Å². The Balaban J connectivity index is 2.67. The van der Waals surface area contributed by atoms with Crippen LogP contribution in [0.2, 0.25) is 0 Å². The van der Waals surface area contributed by atoms with Crippen LogP contribution in [0.1, 0.15) is 12.0 Å². The maximum atomic E-state index is 9.40. The van der Waals surface area contributed by atoms with Crippen molar-refractivity contribution in [3.63, 3.8) is 0 Å². The average molecular weight is 205 g/mol. The average Bonchev–Trinajstić information content (AvgIpc) is 2.21. The summed E-state index contributed by atoms with van der Waals surface area (Å²) in [5.41, 5.74) is 8.40. The third-order valence-corrected chi connectivity index (χ3v) is 1.80. The van der Waals surface area contributed by atoms with Crippen LogP contribution in [-0.4, -0.2) is 16.8 Å². The van der Waals surface area contributed by atoms with Crippen molar-refractivity contribution in [2.24, 2.45) is 5.11 Å². The van der Waals surface area contributed by atoms with E-state index in [1.54, 1.807) is 18.2 Å². The van der Waals surface area contributed by atoms with E-state index in [9.17, 15) is 10.2 Å². The minimum atomic E-state index is 0.0232. The van der Waals surface area contributed by atoms with Crippen molar-refractivity contribution in [2.75, 3.05) is 6.54 Å². The fraction of sp³-hybridized carbons (Fsp3) is 0.200. The minimum Gasteiger partial charge on any atom is -0.507 e. The lowest BCUT2D eigenvalue weighted by Crippen LogP contribution is -1.77. The number of hydrogen-bond acceptors (Lipinski definition) is 3. The van der Waals surface area contributed by atoms with E-state index in [0.29, 0.717) is 18.5 Å². The molecule has 0 fully saturated rings. The van der Waals surface area contributed by atoms with Gasteiger partial charge in [0.05, 0.1) is 5.56 Å². The van der Waals surface area contributed by atoms with E-state index in [1.165, 1.54) is 12.1 Å². The third kappa shape index (κ3) is 3.25. The van der Waals surface area contributed by atoms with E-state index in [4.69, 9.17) is 5.53 Å². The molecular weight excluding hydrogens is 194 g/mol. The van der Waals surface area contributed by atoms with Gasteiger partial charge in [-0.25, -0.2) is 0 Å². The van der Waals surface area contributed by atoms with Crippen LogP contribution in [0.3, 0.4) is 0 Å². The molecule has 0 unspecified atom stereocenters. The molecule has 0 atom stereocenters. The van der Waals surface area contributed by atoms with E-state index in [-0.39, 0.29) is 11.5 Å². The van der Waals surface area contributed by atoms with Gasteiger partial charge >= 0.3 is 0 Å². The molecule has 1 rings (SSSR count). The van der Waals surface area contributed by atoms with Crippen molar-refractivity contribution in [1.82, 2.24) is 0 Å². The highest BCUT2D eigenvalue weighted by Gasteiger charge is 2.01. The Kier molecular flexibility index (Phi) is 4.06. The van der Waals surface area contributed by atoms with Crippen LogP contribution in [-0.2, 0) is 0 Å². The number of benzene rings is 1.